The number of aromatic nitrogens is 1. The van der Waals surface area contributed by atoms with Crippen LogP contribution in [0.25, 0.3) is 21.1 Å². The van der Waals surface area contributed by atoms with E-state index in [4.69, 9.17) is 10.5 Å². The molecule has 0 radical (unpaired) electrons. The Bertz CT molecular complexity index is 1110. The summed E-state index contributed by atoms with van der Waals surface area (Å²) in [6.07, 6.45) is 0. The SMILES string of the molecule is CCOc1ccc2nc3sc(C(=O)Nc4ccccc4)c(N)c3cc2c1. The van der Waals surface area contributed by atoms with Crippen LogP contribution in [0.3, 0.4) is 0 Å². The highest BCUT2D eigenvalue weighted by Crippen LogP contribution is 2.35. The number of amides is 1. The lowest BCUT2D eigenvalue weighted by Crippen LogP contribution is -2.11. The second-order valence-electron chi connectivity index (χ2n) is 5.79. The van der Waals surface area contributed by atoms with Crippen molar-refractivity contribution in [1.29, 1.82) is 0 Å². The minimum absolute atomic E-state index is 0.226. The Labute approximate surface area is 154 Å². The summed E-state index contributed by atoms with van der Waals surface area (Å²) in [6.45, 7) is 2.55. The standard InChI is InChI=1S/C20H17N3O2S/c1-2-25-14-8-9-16-12(10-14)11-15-17(21)18(26-20(15)23-16)19(24)22-13-6-4-3-5-7-13/h3-11H,2,21H2,1H3,(H,22,24). The quantitative estimate of drug-likeness (QED) is 0.552. The molecule has 6 heteroatoms. The number of carbonyl (C=O) groups is 1. The van der Waals surface area contributed by atoms with Gasteiger partial charge in [-0.3, -0.25) is 4.79 Å². The van der Waals surface area contributed by atoms with Gasteiger partial charge in [-0.1, -0.05) is 18.2 Å². The predicted octanol–water partition coefficient (Wildman–Crippen LogP) is 4.68. The molecular weight excluding hydrogens is 346 g/mol. The van der Waals surface area contributed by atoms with E-state index >= 15 is 0 Å². The number of carbonyl (C=O) groups excluding carboxylic acids is 1. The van der Waals surface area contributed by atoms with Gasteiger partial charge in [0.25, 0.3) is 5.91 Å². The third kappa shape index (κ3) is 2.95. The number of hydrogen-bond donors (Lipinski definition) is 2. The largest absolute Gasteiger partial charge is 0.494 e. The van der Waals surface area contributed by atoms with E-state index in [-0.39, 0.29) is 5.91 Å². The van der Waals surface area contributed by atoms with Crippen LogP contribution in [0, 0.1) is 0 Å². The molecule has 0 spiro atoms. The molecule has 3 N–H and O–H groups in total. The van der Waals surface area contributed by atoms with E-state index in [1.165, 1.54) is 11.3 Å². The molecule has 0 saturated carbocycles. The summed E-state index contributed by atoms with van der Waals surface area (Å²) in [4.78, 5) is 18.5. The molecule has 0 bridgehead atoms. The number of benzene rings is 2. The smallest absolute Gasteiger partial charge is 0.267 e. The van der Waals surface area contributed by atoms with E-state index in [1.807, 2.05) is 61.5 Å². The van der Waals surface area contributed by atoms with Gasteiger partial charge in [-0.2, -0.15) is 0 Å². The van der Waals surface area contributed by atoms with Crippen molar-refractivity contribution in [3.8, 4) is 5.75 Å². The number of nitrogen functional groups attached to an aromatic ring is 1. The number of ether oxygens (including phenoxy) is 1. The third-order valence-electron chi connectivity index (χ3n) is 4.03. The average Bonchev–Trinajstić information content (AvgIpc) is 2.97. The molecule has 130 valence electrons. The molecule has 0 aliphatic heterocycles. The van der Waals surface area contributed by atoms with Gasteiger partial charge >= 0.3 is 0 Å². The number of para-hydroxylation sites is 1. The van der Waals surface area contributed by atoms with Gasteiger partial charge in [-0.25, -0.2) is 4.98 Å². The van der Waals surface area contributed by atoms with Gasteiger partial charge in [0.2, 0.25) is 0 Å². The van der Waals surface area contributed by atoms with Gasteiger partial charge in [0.05, 0.1) is 17.8 Å². The number of fused-ring (bicyclic) bond motifs is 2. The van der Waals surface area contributed by atoms with Crippen LogP contribution in [0.15, 0.2) is 54.6 Å². The Morgan fingerprint density at radius 2 is 2.00 bits per heavy atom. The van der Waals surface area contributed by atoms with Crippen molar-refractivity contribution >= 4 is 49.7 Å². The Kier molecular flexibility index (Phi) is 4.18. The van der Waals surface area contributed by atoms with Gasteiger partial charge in [-0.05, 0) is 43.3 Å². The molecule has 0 unspecified atom stereocenters. The molecule has 5 nitrogen and oxygen atoms in total. The van der Waals surface area contributed by atoms with Crippen molar-refractivity contribution in [2.45, 2.75) is 6.92 Å². The van der Waals surface area contributed by atoms with Crippen LogP contribution < -0.4 is 15.8 Å². The lowest BCUT2D eigenvalue weighted by atomic mass is 10.1. The van der Waals surface area contributed by atoms with Crippen LogP contribution in [0.5, 0.6) is 5.75 Å². The van der Waals surface area contributed by atoms with Crippen molar-refractivity contribution < 1.29 is 9.53 Å². The number of thiophene rings is 1. The van der Waals surface area contributed by atoms with E-state index in [0.29, 0.717) is 17.2 Å². The molecule has 0 fully saturated rings. The first kappa shape index (κ1) is 16.4. The third-order valence-corrected chi connectivity index (χ3v) is 5.15. The highest BCUT2D eigenvalue weighted by Gasteiger charge is 2.18. The number of nitrogens with one attached hydrogen (secondary N) is 1. The van der Waals surface area contributed by atoms with E-state index in [0.717, 1.165) is 32.6 Å². The first-order valence-corrected chi connectivity index (χ1v) is 9.09. The van der Waals surface area contributed by atoms with E-state index in [1.54, 1.807) is 0 Å². The van der Waals surface area contributed by atoms with Gasteiger partial charge in [-0.15, -0.1) is 11.3 Å². The minimum atomic E-state index is -0.226. The van der Waals surface area contributed by atoms with Crippen LogP contribution >= 0.6 is 11.3 Å². The van der Waals surface area contributed by atoms with Crippen LogP contribution in [0.4, 0.5) is 11.4 Å². The highest BCUT2D eigenvalue weighted by atomic mass is 32.1. The minimum Gasteiger partial charge on any atom is -0.494 e. The number of nitrogens with zero attached hydrogens (tertiary/aromatic N) is 1. The van der Waals surface area contributed by atoms with Gasteiger partial charge in [0.1, 0.15) is 15.5 Å². The highest BCUT2D eigenvalue weighted by molar-refractivity contribution is 7.21. The average molecular weight is 363 g/mol. The zero-order chi connectivity index (χ0) is 18.1. The number of pyridine rings is 1. The van der Waals surface area contributed by atoms with Crippen LogP contribution in [0.1, 0.15) is 16.6 Å². The maximum absolute atomic E-state index is 12.6. The molecular formula is C20H17N3O2S. The van der Waals surface area contributed by atoms with Crippen LogP contribution in [0.2, 0.25) is 0 Å². The molecule has 0 aliphatic carbocycles. The maximum Gasteiger partial charge on any atom is 0.267 e. The van der Waals surface area contributed by atoms with Crippen LogP contribution in [-0.2, 0) is 0 Å². The second kappa shape index (κ2) is 6.65. The first-order chi connectivity index (χ1) is 12.7. The molecule has 2 aromatic carbocycles. The normalized spacial score (nSPS) is 11.0. The van der Waals surface area contributed by atoms with Crippen molar-refractivity contribution in [2.75, 3.05) is 17.7 Å². The number of hydrogen-bond acceptors (Lipinski definition) is 5. The molecule has 1 amide bonds. The Balaban J connectivity index is 1.75. The van der Waals surface area contributed by atoms with Crippen molar-refractivity contribution in [3.63, 3.8) is 0 Å². The van der Waals surface area contributed by atoms with Gasteiger partial charge in [0.15, 0.2) is 0 Å². The van der Waals surface area contributed by atoms with E-state index in [9.17, 15) is 4.79 Å². The summed E-state index contributed by atoms with van der Waals surface area (Å²) in [7, 11) is 0. The topological polar surface area (TPSA) is 77.2 Å². The van der Waals surface area contributed by atoms with Crippen molar-refractivity contribution in [1.82, 2.24) is 4.98 Å². The number of anilines is 2. The Morgan fingerprint density at radius 3 is 2.77 bits per heavy atom. The van der Waals surface area contributed by atoms with Gasteiger partial charge in [0, 0.05) is 16.5 Å². The molecule has 0 atom stereocenters. The lowest BCUT2D eigenvalue weighted by molar-refractivity contribution is 0.103. The van der Waals surface area contributed by atoms with E-state index in [2.05, 4.69) is 10.3 Å². The summed E-state index contributed by atoms with van der Waals surface area (Å²) in [5.74, 6) is 0.563. The summed E-state index contributed by atoms with van der Waals surface area (Å²) in [5, 5.41) is 4.59. The molecule has 2 aromatic heterocycles. The van der Waals surface area contributed by atoms with Crippen molar-refractivity contribution in [3.05, 3.63) is 59.5 Å². The summed E-state index contributed by atoms with van der Waals surface area (Å²) >= 11 is 1.30. The van der Waals surface area contributed by atoms with E-state index < -0.39 is 0 Å². The lowest BCUT2D eigenvalue weighted by Gasteiger charge is -2.04. The summed E-state index contributed by atoms with van der Waals surface area (Å²) < 4.78 is 5.55. The maximum atomic E-state index is 12.6. The van der Waals surface area contributed by atoms with Crippen molar-refractivity contribution in [2.24, 2.45) is 0 Å². The Hall–Kier alpha value is -3.12. The molecule has 0 aliphatic rings. The second-order valence-corrected chi connectivity index (χ2v) is 6.79. The number of rotatable bonds is 4. The monoisotopic (exact) mass is 363 g/mol. The number of nitrogens with two attached hydrogens (primary N) is 1. The Morgan fingerprint density at radius 1 is 1.19 bits per heavy atom. The van der Waals surface area contributed by atoms with Crippen LogP contribution in [-0.4, -0.2) is 17.5 Å². The zero-order valence-corrected chi connectivity index (χ0v) is 15.0. The molecule has 0 saturated heterocycles. The molecule has 26 heavy (non-hydrogen) atoms. The van der Waals surface area contributed by atoms with Gasteiger partial charge < -0.3 is 15.8 Å². The fraction of sp³-hybridized carbons (Fsp3) is 0.100. The zero-order valence-electron chi connectivity index (χ0n) is 14.2. The summed E-state index contributed by atoms with van der Waals surface area (Å²) in [5.41, 5.74) is 8.29. The molecule has 2 heterocycles. The molecule has 4 rings (SSSR count). The fourth-order valence-electron chi connectivity index (χ4n) is 2.82. The summed E-state index contributed by atoms with van der Waals surface area (Å²) in [6, 6.07) is 17.0. The predicted molar refractivity (Wildman–Crippen MR) is 107 cm³/mol. The molecule has 4 aromatic rings. The fourth-order valence-corrected chi connectivity index (χ4v) is 3.80. The first-order valence-electron chi connectivity index (χ1n) is 8.27.